The Morgan fingerprint density at radius 1 is 1.14 bits per heavy atom. The highest BCUT2D eigenvalue weighted by Crippen LogP contribution is 2.13. The van der Waals surface area contributed by atoms with Gasteiger partial charge >= 0.3 is 5.97 Å². The van der Waals surface area contributed by atoms with Crippen molar-refractivity contribution in [3.05, 3.63) is 63.9 Å². The fraction of sp³-hybridized carbons (Fsp3) is 0.133. The van der Waals surface area contributed by atoms with Crippen LogP contribution in [-0.4, -0.2) is 22.0 Å². The van der Waals surface area contributed by atoms with Gasteiger partial charge in [-0.15, -0.1) is 0 Å². The quantitative estimate of drug-likeness (QED) is 0.813. The first kappa shape index (κ1) is 15.2. The summed E-state index contributed by atoms with van der Waals surface area (Å²) in [6.07, 6.45) is 1.52. The number of hydrogen-bond donors (Lipinski definition) is 2. The van der Waals surface area contributed by atoms with Gasteiger partial charge in [-0.1, -0.05) is 24.3 Å². The first-order valence-corrected chi connectivity index (χ1v) is 7.04. The van der Waals surface area contributed by atoms with Gasteiger partial charge in [0, 0.05) is 12.7 Å². The summed E-state index contributed by atoms with van der Waals surface area (Å²) < 4.78 is 0.473. The second-order valence-electron chi connectivity index (χ2n) is 4.36. The molecule has 0 atom stereocenters. The van der Waals surface area contributed by atoms with Crippen LogP contribution in [0.25, 0.3) is 0 Å². The highest BCUT2D eigenvalue weighted by Gasteiger charge is 2.11. The third kappa shape index (κ3) is 4.13. The lowest BCUT2D eigenvalue weighted by molar-refractivity contribution is -0.136. The molecule has 0 saturated carbocycles. The van der Waals surface area contributed by atoms with E-state index in [1.165, 1.54) is 0 Å². The van der Waals surface area contributed by atoms with Crippen molar-refractivity contribution in [2.75, 3.05) is 0 Å². The minimum absolute atomic E-state index is 0.0668. The zero-order valence-electron chi connectivity index (χ0n) is 11.0. The molecule has 0 saturated heterocycles. The van der Waals surface area contributed by atoms with Crippen LogP contribution < -0.4 is 5.32 Å². The molecule has 108 valence electrons. The molecule has 0 radical (unpaired) electrons. The number of benzene rings is 1. The number of carbonyl (C=O) groups is 2. The Bertz CT molecular complexity index is 673. The number of nitrogens with one attached hydrogen (secondary N) is 1. The van der Waals surface area contributed by atoms with Crippen molar-refractivity contribution in [2.45, 2.75) is 13.0 Å². The lowest BCUT2D eigenvalue weighted by Gasteiger charge is -2.10. The van der Waals surface area contributed by atoms with Crippen LogP contribution in [0.1, 0.15) is 21.5 Å². The Kier molecular flexibility index (Phi) is 5.05. The van der Waals surface area contributed by atoms with E-state index in [9.17, 15) is 9.59 Å². The van der Waals surface area contributed by atoms with Crippen molar-refractivity contribution < 1.29 is 14.7 Å². The molecule has 2 rings (SSSR count). The normalized spacial score (nSPS) is 10.1. The third-order valence-electron chi connectivity index (χ3n) is 2.90. The molecule has 2 N–H and O–H groups in total. The standard InChI is InChI=1S/C15H13BrN2O3/c16-14-12(6-3-7-17-14)15(21)18-9-11-5-2-1-4-10(11)8-13(19)20/h1-7H,8-9H2,(H,18,21)(H,19,20). The van der Waals surface area contributed by atoms with Gasteiger partial charge in [-0.3, -0.25) is 9.59 Å². The number of halogens is 1. The minimum atomic E-state index is -0.899. The summed E-state index contributed by atoms with van der Waals surface area (Å²) in [6.45, 7) is 0.267. The summed E-state index contributed by atoms with van der Waals surface area (Å²) in [5, 5.41) is 11.6. The van der Waals surface area contributed by atoms with E-state index in [1.54, 1.807) is 36.5 Å². The second-order valence-corrected chi connectivity index (χ2v) is 5.11. The Balaban J connectivity index is 2.08. The van der Waals surface area contributed by atoms with Gasteiger partial charge in [0.1, 0.15) is 4.60 Å². The van der Waals surface area contributed by atoms with E-state index in [0.29, 0.717) is 15.7 Å². The third-order valence-corrected chi connectivity index (χ3v) is 3.54. The number of carboxylic acids is 1. The first-order valence-electron chi connectivity index (χ1n) is 6.25. The molecule has 1 aromatic heterocycles. The molecule has 2 aromatic rings. The predicted molar refractivity (Wildman–Crippen MR) is 80.9 cm³/mol. The molecule has 5 nitrogen and oxygen atoms in total. The van der Waals surface area contributed by atoms with Gasteiger partial charge in [-0.2, -0.15) is 0 Å². The van der Waals surface area contributed by atoms with Crippen LogP contribution in [-0.2, 0) is 17.8 Å². The molecule has 0 aliphatic heterocycles. The van der Waals surface area contributed by atoms with Gasteiger partial charge in [0.15, 0.2) is 0 Å². The van der Waals surface area contributed by atoms with Crippen molar-refractivity contribution in [1.29, 1.82) is 0 Å². The zero-order chi connectivity index (χ0) is 15.2. The van der Waals surface area contributed by atoms with Crippen molar-refractivity contribution in [3.63, 3.8) is 0 Å². The molecule has 0 unspecified atom stereocenters. The molecule has 0 aliphatic carbocycles. The SMILES string of the molecule is O=C(O)Cc1ccccc1CNC(=O)c1cccnc1Br. The summed E-state index contributed by atoms with van der Waals surface area (Å²) in [6, 6.07) is 10.5. The van der Waals surface area contributed by atoms with Crippen LogP contribution in [0, 0.1) is 0 Å². The Morgan fingerprint density at radius 3 is 2.52 bits per heavy atom. The van der Waals surface area contributed by atoms with Crippen LogP contribution >= 0.6 is 15.9 Å². The lowest BCUT2D eigenvalue weighted by atomic mass is 10.0. The van der Waals surface area contributed by atoms with Crippen LogP contribution in [0.2, 0.25) is 0 Å². The highest BCUT2D eigenvalue weighted by atomic mass is 79.9. The van der Waals surface area contributed by atoms with Gasteiger partial charge in [-0.05, 0) is 39.2 Å². The van der Waals surface area contributed by atoms with Gasteiger partial charge in [0.25, 0.3) is 5.91 Å². The number of aromatic nitrogens is 1. The number of aliphatic carboxylic acids is 1. The Morgan fingerprint density at radius 2 is 1.86 bits per heavy atom. The number of pyridine rings is 1. The molecule has 21 heavy (non-hydrogen) atoms. The summed E-state index contributed by atoms with van der Waals surface area (Å²) in [5.74, 6) is -1.16. The van der Waals surface area contributed by atoms with Crippen molar-refractivity contribution in [2.24, 2.45) is 0 Å². The number of rotatable bonds is 5. The maximum absolute atomic E-state index is 12.1. The molecule has 0 fully saturated rings. The van der Waals surface area contributed by atoms with E-state index >= 15 is 0 Å². The molecule has 1 heterocycles. The van der Waals surface area contributed by atoms with Crippen LogP contribution in [0.4, 0.5) is 0 Å². The van der Waals surface area contributed by atoms with Gasteiger partial charge in [0.05, 0.1) is 12.0 Å². The summed E-state index contributed by atoms with van der Waals surface area (Å²) >= 11 is 3.22. The lowest BCUT2D eigenvalue weighted by Crippen LogP contribution is -2.24. The maximum Gasteiger partial charge on any atom is 0.307 e. The van der Waals surface area contributed by atoms with E-state index in [0.717, 1.165) is 5.56 Å². The first-order chi connectivity index (χ1) is 10.1. The van der Waals surface area contributed by atoms with E-state index in [4.69, 9.17) is 5.11 Å². The van der Waals surface area contributed by atoms with Crippen molar-refractivity contribution in [3.8, 4) is 0 Å². The number of hydrogen-bond acceptors (Lipinski definition) is 3. The fourth-order valence-corrected chi connectivity index (χ4v) is 2.32. The predicted octanol–water partition coefficient (Wildman–Crippen LogP) is 2.40. The largest absolute Gasteiger partial charge is 0.481 e. The smallest absolute Gasteiger partial charge is 0.307 e. The molecule has 6 heteroatoms. The topological polar surface area (TPSA) is 79.3 Å². The highest BCUT2D eigenvalue weighted by molar-refractivity contribution is 9.10. The van der Waals surface area contributed by atoms with E-state index < -0.39 is 5.97 Å². The minimum Gasteiger partial charge on any atom is -0.481 e. The van der Waals surface area contributed by atoms with E-state index in [1.807, 2.05) is 6.07 Å². The fourth-order valence-electron chi connectivity index (χ4n) is 1.89. The molecular weight excluding hydrogens is 336 g/mol. The molecule has 1 amide bonds. The summed E-state index contributed by atoms with van der Waals surface area (Å²) in [7, 11) is 0. The molecule has 0 bridgehead atoms. The molecule has 0 aliphatic rings. The number of amides is 1. The van der Waals surface area contributed by atoms with E-state index in [-0.39, 0.29) is 18.9 Å². The number of carboxylic acid groups (broad SMARTS) is 1. The molecule has 1 aromatic carbocycles. The Labute approximate surface area is 130 Å². The van der Waals surface area contributed by atoms with E-state index in [2.05, 4.69) is 26.2 Å². The van der Waals surface area contributed by atoms with Crippen LogP contribution in [0.15, 0.2) is 47.2 Å². The summed E-state index contributed by atoms with van der Waals surface area (Å²) in [4.78, 5) is 26.9. The van der Waals surface area contributed by atoms with Crippen molar-refractivity contribution in [1.82, 2.24) is 10.3 Å². The molecular formula is C15H13BrN2O3. The van der Waals surface area contributed by atoms with Gasteiger partial charge in [0.2, 0.25) is 0 Å². The summed E-state index contributed by atoms with van der Waals surface area (Å²) in [5.41, 5.74) is 1.91. The Hall–Kier alpha value is -2.21. The average molecular weight is 349 g/mol. The van der Waals surface area contributed by atoms with Gasteiger partial charge < -0.3 is 10.4 Å². The monoisotopic (exact) mass is 348 g/mol. The van der Waals surface area contributed by atoms with Gasteiger partial charge in [-0.25, -0.2) is 4.98 Å². The van der Waals surface area contributed by atoms with Crippen LogP contribution in [0.3, 0.4) is 0 Å². The second kappa shape index (κ2) is 6.99. The number of nitrogens with zero attached hydrogens (tertiary/aromatic N) is 1. The van der Waals surface area contributed by atoms with Crippen LogP contribution in [0.5, 0.6) is 0 Å². The zero-order valence-corrected chi connectivity index (χ0v) is 12.6. The maximum atomic E-state index is 12.1. The average Bonchev–Trinajstić information content (AvgIpc) is 2.46. The molecule has 0 spiro atoms. The number of carbonyl (C=O) groups excluding carboxylic acids is 1. The van der Waals surface area contributed by atoms with Crippen molar-refractivity contribution >= 4 is 27.8 Å².